The summed E-state index contributed by atoms with van der Waals surface area (Å²) in [5, 5.41) is 5.17. The van der Waals surface area contributed by atoms with Gasteiger partial charge in [0.05, 0.1) is 0 Å². The van der Waals surface area contributed by atoms with E-state index in [0.29, 0.717) is 6.42 Å². The lowest BCUT2D eigenvalue weighted by Crippen LogP contribution is -2.64. The Bertz CT molecular complexity index is 408. The van der Waals surface area contributed by atoms with Crippen molar-refractivity contribution in [1.82, 2.24) is 10.6 Å². The van der Waals surface area contributed by atoms with Crippen molar-refractivity contribution in [1.29, 1.82) is 0 Å². The van der Waals surface area contributed by atoms with Crippen LogP contribution in [0, 0.1) is 11.3 Å². The van der Waals surface area contributed by atoms with Gasteiger partial charge in [-0.25, -0.2) is 0 Å². The molecule has 2 rings (SSSR count). The number of carbonyl (C=O) groups excluding carboxylic acids is 2. The van der Waals surface area contributed by atoms with Gasteiger partial charge in [-0.3, -0.25) is 9.59 Å². The average Bonchev–Trinajstić information content (AvgIpc) is 2.77. The lowest BCUT2D eigenvalue weighted by Gasteiger charge is -2.38. The minimum Gasteiger partial charge on any atom is -0.302 e. The molecular weight excluding hydrogens is 236 g/mol. The highest BCUT2D eigenvalue weighted by Gasteiger charge is 2.53. The molecule has 1 aliphatic heterocycles. The Balaban J connectivity index is 2.40. The number of amides is 2. The van der Waals surface area contributed by atoms with Crippen LogP contribution >= 0.6 is 12.2 Å². The molecule has 0 bridgehead atoms. The molecule has 17 heavy (non-hydrogen) atoms. The number of thiocarbonyl (C=S) groups is 1. The molecule has 5 heteroatoms. The highest BCUT2D eigenvalue weighted by molar-refractivity contribution is 7.80. The molecule has 0 spiro atoms. The van der Waals surface area contributed by atoms with E-state index in [1.165, 1.54) is 0 Å². The maximum Gasteiger partial charge on any atom is 0.242 e. The lowest BCUT2D eigenvalue weighted by atomic mass is 9.70. The maximum absolute atomic E-state index is 12.2. The van der Waals surface area contributed by atoms with E-state index in [1.54, 1.807) is 6.08 Å². The van der Waals surface area contributed by atoms with Crippen molar-refractivity contribution in [3.8, 4) is 0 Å². The highest BCUT2D eigenvalue weighted by Crippen LogP contribution is 2.40. The SMILES string of the molecule is C=CCC1(C2C=CCC2)C(=O)NC(=S)NC1=O. The molecule has 1 atom stereocenters. The Labute approximate surface area is 105 Å². The minimum atomic E-state index is -1.09. The third-order valence-corrected chi connectivity index (χ3v) is 3.58. The number of hydrogen-bond donors (Lipinski definition) is 2. The van der Waals surface area contributed by atoms with Gasteiger partial charge in [-0.05, 0) is 31.5 Å². The van der Waals surface area contributed by atoms with Gasteiger partial charge in [-0.15, -0.1) is 6.58 Å². The van der Waals surface area contributed by atoms with Gasteiger partial charge in [-0.2, -0.15) is 0 Å². The molecule has 0 radical (unpaired) electrons. The summed E-state index contributed by atoms with van der Waals surface area (Å²) in [6.45, 7) is 3.64. The summed E-state index contributed by atoms with van der Waals surface area (Å²) < 4.78 is 0. The molecular formula is C12H14N2O2S. The Morgan fingerprint density at radius 3 is 2.59 bits per heavy atom. The summed E-state index contributed by atoms with van der Waals surface area (Å²) in [4.78, 5) is 24.3. The fourth-order valence-corrected chi connectivity index (χ4v) is 2.69. The van der Waals surface area contributed by atoms with E-state index in [-0.39, 0.29) is 22.8 Å². The largest absolute Gasteiger partial charge is 0.302 e. The molecule has 2 N–H and O–H groups in total. The van der Waals surface area contributed by atoms with Gasteiger partial charge in [0.2, 0.25) is 11.8 Å². The fraction of sp³-hybridized carbons (Fsp3) is 0.417. The Kier molecular flexibility index (Phi) is 3.11. The predicted octanol–water partition coefficient (Wildman–Crippen LogP) is 1.05. The zero-order chi connectivity index (χ0) is 12.5. The third-order valence-electron chi connectivity index (χ3n) is 3.38. The second kappa shape index (κ2) is 4.41. The van der Waals surface area contributed by atoms with Crippen LogP contribution in [0.5, 0.6) is 0 Å². The summed E-state index contributed by atoms with van der Waals surface area (Å²) in [6, 6.07) is 0. The van der Waals surface area contributed by atoms with Crippen molar-refractivity contribution in [2.24, 2.45) is 11.3 Å². The van der Waals surface area contributed by atoms with Crippen LogP contribution in [0.2, 0.25) is 0 Å². The van der Waals surface area contributed by atoms with E-state index in [1.807, 2.05) is 12.2 Å². The Morgan fingerprint density at radius 1 is 1.47 bits per heavy atom. The number of carbonyl (C=O) groups is 2. The van der Waals surface area contributed by atoms with Crippen LogP contribution in [0.25, 0.3) is 0 Å². The van der Waals surface area contributed by atoms with Gasteiger partial charge in [-0.1, -0.05) is 18.2 Å². The van der Waals surface area contributed by atoms with Crippen LogP contribution in [0.15, 0.2) is 24.8 Å². The van der Waals surface area contributed by atoms with Crippen molar-refractivity contribution >= 4 is 29.1 Å². The van der Waals surface area contributed by atoms with Crippen molar-refractivity contribution in [2.75, 3.05) is 0 Å². The molecule has 90 valence electrons. The first-order valence-corrected chi connectivity index (χ1v) is 5.96. The predicted molar refractivity (Wildman–Crippen MR) is 68.0 cm³/mol. The van der Waals surface area contributed by atoms with E-state index in [0.717, 1.165) is 12.8 Å². The third kappa shape index (κ3) is 1.80. The number of rotatable bonds is 3. The molecule has 0 aromatic heterocycles. The maximum atomic E-state index is 12.2. The molecule has 1 heterocycles. The first kappa shape index (κ1) is 12.0. The van der Waals surface area contributed by atoms with E-state index in [4.69, 9.17) is 12.2 Å². The summed E-state index contributed by atoms with van der Waals surface area (Å²) in [6.07, 6.45) is 7.58. The number of nitrogens with one attached hydrogen (secondary N) is 2. The van der Waals surface area contributed by atoms with E-state index in [2.05, 4.69) is 17.2 Å². The van der Waals surface area contributed by atoms with Crippen LogP contribution in [-0.2, 0) is 9.59 Å². The molecule has 1 saturated heterocycles. The molecule has 1 aliphatic carbocycles. The van der Waals surface area contributed by atoms with Gasteiger partial charge in [0.25, 0.3) is 0 Å². The topological polar surface area (TPSA) is 58.2 Å². The van der Waals surface area contributed by atoms with Gasteiger partial charge < -0.3 is 10.6 Å². The Morgan fingerprint density at radius 2 is 2.12 bits per heavy atom. The zero-order valence-electron chi connectivity index (χ0n) is 9.36. The summed E-state index contributed by atoms with van der Waals surface area (Å²) in [7, 11) is 0. The minimum absolute atomic E-state index is 0.0800. The quantitative estimate of drug-likeness (QED) is 0.447. The molecule has 0 aromatic rings. The van der Waals surface area contributed by atoms with Gasteiger partial charge in [0, 0.05) is 5.92 Å². The van der Waals surface area contributed by atoms with Crippen molar-refractivity contribution in [3.05, 3.63) is 24.8 Å². The van der Waals surface area contributed by atoms with E-state index >= 15 is 0 Å². The van der Waals surface area contributed by atoms with Crippen molar-refractivity contribution in [3.63, 3.8) is 0 Å². The summed E-state index contributed by atoms with van der Waals surface area (Å²) in [5.74, 6) is -0.714. The molecule has 4 nitrogen and oxygen atoms in total. The van der Waals surface area contributed by atoms with E-state index in [9.17, 15) is 9.59 Å². The van der Waals surface area contributed by atoms with Crippen LogP contribution in [0.1, 0.15) is 19.3 Å². The number of allylic oxidation sites excluding steroid dienone is 3. The molecule has 0 saturated carbocycles. The smallest absolute Gasteiger partial charge is 0.242 e. The lowest BCUT2D eigenvalue weighted by molar-refractivity contribution is -0.146. The average molecular weight is 250 g/mol. The molecule has 2 aliphatic rings. The first-order valence-electron chi connectivity index (χ1n) is 5.55. The first-order chi connectivity index (χ1) is 8.11. The molecule has 2 amide bonds. The summed E-state index contributed by atoms with van der Waals surface area (Å²) >= 11 is 4.81. The monoisotopic (exact) mass is 250 g/mol. The van der Waals surface area contributed by atoms with Gasteiger partial charge in [0.15, 0.2) is 5.11 Å². The van der Waals surface area contributed by atoms with Crippen molar-refractivity contribution in [2.45, 2.75) is 19.3 Å². The van der Waals surface area contributed by atoms with Crippen LogP contribution in [0.3, 0.4) is 0 Å². The fourth-order valence-electron chi connectivity index (χ4n) is 2.51. The highest BCUT2D eigenvalue weighted by atomic mass is 32.1. The van der Waals surface area contributed by atoms with Gasteiger partial charge in [0.1, 0.15) is 5.41 Å². The number of hydrogen-bond acceptors (Lipinski definition) is 3. The summed E-state index contributed by atoms with van der Waals surface area (Å²) in [5.41, 5.74) is -1.09. The van der Waals surface area contributed by atoms with Crippen LogP contribution in [-0.4, -0.2) is 16.9 Å². The normalized spacial score (nSPS) is 26.6. The van der Waals surface area contributed by atoms with Gasteiger partial charge >= 0.3 is 0 Å². The zero-order valence-corrected chi connectivity index (χ0v) is 10.2. The molecule has 1 fully saturated rings. The van der Waals surface area contributed by atoms with E-state index < -0.39 is 5.41 Å². The van der Waals surface area contributed by atoms with Crippen LogP contribution in [0.4, 0.5) is 0 Å². The molecule has 0 aromatic carbocycles. The standard InChI is InChI=1S/C12H14N2O2S/c1-2-7-12(8-5-3-4-6-8)9(15)13-11(17)14-10(12)16/h2-3,5,8H,1,4,6-7H2,(H2,13,14,15,16,17). The van der Waals surface area contributed by atoms with Crippen LogP contribution < -0.4 is 10.6 Å². The molecule has 1 unspecified atom stereocenters. The second-order valence-electron chi connectivity index (χ2n) is 4.31. The Hall–Kier alpha value is -1.49. The van der Waals surface area contributed by atoms with Crippen molar-refractivity contribution < 1.29 is 9.59 Å². The second-order valence-corrected chi connectivity index (χ2v) is 4.72.